The van der Waals surface area contributed by atoms with Gasteiger partial charge in [-0.05, 0) is 57.0 Å². The highest BCUT2D eigenvalue weighted by molar-refractivity contribution is 6.30. The fourth-order valence-electron chi connectivity index (χ4n) is 2.55. The van der Waals surface area contributed by atoms with Crippen LogP contribution in [-0.2, 0) is 0 Å². The summed E-state index contributed by atoms with van der Waals surface area (Å²) in [5, 5.41) is 11.2. The standard InChI is InChI=1S/C18H30ClNO2/c1-4-10-20(11-5-2)12-9-17(21)16-14-15(19)7-8-18(16)22-13-6-3/h7-8,14,17,21H,4-6,9-13H2,1-3H3. The van der Waals surface area contributed by atoms with Crippen LogP contribution in [0.2, 0.25) is 5.02 Å². The molecule has 0 saturated carbocycles. The van der Waals surface area contributed by atoms with Crippen molar-refractivity contribution in [3.63, 3.8) is 0 Å². The molecule has 0 amide bonds. The fraction of sp³-hybridized carbons (Fsp3) is 0.667. The smallest absolute Gasteiger partial charge is 0.125 e. The second kappa shape index (κ2) is 10.9. The summed E-state index contributed by atoms with van der Waals surface area (Å²) in [6, 6.07) is 5.48. The Labute approximate surface area is 140 Å². The molecule has 0 aliphatic carbocycles. The third-order valence-corrected chi connectivity index (χ3v) is 3.83. The molecule has 0 aliphatic rings. The summed E-state index contributed by atoms with van der Waals surface area (Å²) in [5.41, 5.74) is 0.800. The van der Waals surface area contributed by atoms with Gasteiger partial charge in [0.1, 0.15) is 5.75 Å². The molecule has 0 saturated heterocycles. The molecule has 0 heterocycles. The Morgan fingerprint density at radius 2 is 1.77 bits per heavy atom. The van der Waals surface area contributed by atoms with Gasteiger partial charge in [0.2, 0.25) is 0 Å². The molecule has 0 spiro atoms. The fourth-order valence-corrected chi connectivity index (χ4v) is 2.73. The Hall–Kier alpha value is -0.770. The number of hydrogen-bond acceptors (Lipinski definition) is 3. The number of aliphatic hydroxyl groups is 1. The van der Waals surface area contributed by atoms with Gasteiger partial charge >= 0.3 is 0 Å². The Kier molecular flexibility index (Phi) is 9.53. The van der Waals surface area contributed by atoms with Gasteiger partial charge in [-0.15, -0.1) is 0 Å². The zero-order valence-corrected chi connectivity index (χ0v) is 14.9. The van der Waals surface area contributed by atoms with Crippen LogP contribution in [0, 0.1) is 0 Å². The number of benzene rings is 1. The first-order chi connectivity index (χ1) is 10.6. The molecule has 4 heteroatoms. The van der Waals surface area contributed by atoms with Crippen LogP contribution in [-0.4, -0.2) is 36.2 Å². The molecule has 0 bridgehead atoms. The largest absolute Gasteiger partial charge is 0.493 e. The van der Waals surface area contributed by atoms with E-state index < -0.39 is 6.10 Å². The van der Waals surface area contributed by atoms with Gasteiger partial charge in [-0.1, -0.05) is 32.4 Å². The summed E-state index contributed by atoms with van der Waals surface area (Å²) in [6.45, 7) is 10.1. The number of rotatable bonds is 11. The van der Waals surface area contributed by atoms with Crippen molar-refractivity contribution in [2.24, 2.45) is 0 Å². The minimum atomic E-state index is -0.540. The van der Waals surface area contributed by atoms with Crippen LogP contribution in [0.25, 0.3) is 0 Å². The molecule has 3 nitrogen and oxygen atoms in total. The van der Waals surface area contributed by atoms with Gasteiger partial charge in [0.05, 0.1) is 12.7 Å². The lowest BCUT2D eigenvalue weighted by Crippen LogP contribution is -2.27. The minimum absolute atomic E-state index is 0.540. The minimum Gasteiger partial charge on any atom is -0.493 e. The lowest BCUT2D eigenvalue weighted by molar-refractivity contribution is 0.137. The zero-order valence-electron chi connectivity index (χ0n) is 14.1. The van der Waals surface area contributed by atoms with E-state index in [-0.39, 0.29) is 0 Å². The van der Waals surface area contributed by atoms with Crippen molar-refractivity contribution in [2.75, 3.05) is 26.2 Å². The van der Waals surface area contributed by atoms with Crippen molar-refractivity contribution < 1.29 is 9.84 Å². The normalized spacial score (nSPS) is 12.6. The van der Waals surface area contributed by atoms with E-state index in [4.69, 9.17) is 16.3 Å². The molecule has 1 aromatic rings. The van der Waals surface area contributed by atoms with Crippen molar-refractivity contribution in [3.8, 4) is 5.75 Å². The quantitative estimate of drug-likeness (QED) is 0.641. The SMILES string of the molecule is CCCOc1ccc(Cl)cc1C(O)CCN(CCC)CCC. The van der Waals surface area contributed by atoms with Crippen LogP contribution in [0.4, 0.5) is 0 Å². The predicted molar refractivity (Wildman–Crippen MR) is 93.8 cm³/mol. The Morgan fingerprint density at radius 3 is 2.36 bits per heavy atom. The number of halogens is 1. The van der Waals surface area contributed by atoms with Crippen molar-refractivity contribution in [2.45, 2.75) is 52.6 Å². The van der Waals surface area contributed by atoms with E-state index in [1.807, 2.05) is 18.2 Å². The Balaban J connectivity index is 2.70. The summed E-state index contributed by atoms with van der Waals surface area (Å²) in [7, 11) is 0. The van der Waals surface area contributed by atoms with E-state index in [1.54, 1.807) is 0 Å². The van der Waals surface area contributed by atoms with Crippen LogP contribution in [0.1, 0.15) is 58.1 Å². The summed E-state index contributed by atoms with van der Waals surface area (Å²) >= 11 is 6.08. The second-order valence-corrected chi connectivity index (χ2v) is 6.11. The molecular weight excluding hydrogens is 298 g/mol. The molecule has 0 aromatic heterocycles. The highest BCUT2D eigenvalue weighted by atomic mass is 35.5. The molecule has 126 valence electrons. The number of ether oxygens (including phenoxy) is 1. The first-order valence-electron chi connectivity index (χ1n) is 8.44. The van der Waals surface area contributed by atoms with Crippen molar-refractivity contribution in [3.05, 3.63) is 28.8 Å². The molecule has 1 rings (SSSR count). The maximum Gasteiger partial charge on any atom is 0.125 e. The first-order valence-corrected chi connectivity index (χ1v) is 8.82. The van der Waals surface area contributed by atoms with Crippen molar-refractivity contribution in [1.29, 1.82) is 0 Å². The van der Waals surface area contributed by atoms with E-state index in [1.165, 1.54) is 0 Å². The maximum atomic E-state index is 10.5. The summed E-state index contributed by atoms with van der Waals surface area (Å²) in [5.74, 6) is 0.747. The van der Waals surface area contributed by atoms with Gasteiger partial charge in [0.25, 0.3) is 0 Å². The van der Waals surface area contributed by atoms with Gasteiger partial charge in [-0.3, -0.25) is 0 Å². The third kappa shape index (κ3) is 6.55. The Bertz CT molecular complexity index is 420. The molecule has 0 aliphatic heterocycles. The van der Waals surface area contributed by atoms with Gasteiger partial charge in [0.15, 0.2) is 0 Å². The lowest BCUT2D eigenvalue weighted by Gasteiger charge is -2.23. The zero-order chi connectivity index (χ0) is 16.4. The second-order valence-electron chi connectivity index (χ2n) is 5.68. The van der Waals surface area contributed by atoms with Gasteiger partial charge in [-0.2, -0.15) is 0 Å². The summed E-state index contributed by atoms with van der Waals surface area (Å²) in [6.07, 6.45) is 3.37. The molecule has 0 fully saturated rings. The third-order valence-electron chi connectivity index (χ3n) is 3.59. The van der Waals surface area contributed by atoms with Crippen LogP contribution >= 0.6 is 11.6 Å². The maximum absolute atomic E-state index is 10.5. The lowest BCUT2D eigenvalue weighted by atomic mass is 10.0. The number of nitrogens with zero attached hydrogens (tertiary/aromatic N) is 1. The van der Waals surface area contributed by atoms with Crippen LogP contribution < -0.4 is 4.74 Å². The van der Waals surface area contributed by atoms with Crippen LogP contribution in [0.3, 0.4) is 0 Å². The monoisotopic (exact) mass is 327 g/mol. The molecule has 1 atom stereocenters. The molecule has 1 aromatic carbocycles. The number of hydrogen-bond donors (Lipinski definition) is 1. The summed E-state index contributed by atoms with van der Waals surface area (Å²) < 4.78 is 5.73. The molecule has 1 N–H and O–H groups in total. The van der Waals surface area contributed by atoms with Gasteiger partial charge in [-0.25, -0.2) is 0 Å². The summed E-state index contributed by atoms with van der Waals surface area (Å²) in [4.78, 5) is 2.40. The average molecular weight is 328 g/mol. The Morgan fingerprint density at radius 1 is 1.09 bits per heavy atom. The van der Waals surface area contributed by atoms with E-state index in [0.29, 0.717) is 18.1 Å². The van der Waals surface area contributed by atoms with Crippen LogP contribution in [0.5, 0.6) is 5.75 Å². The highest BCUT2D eigenvalue weighted by Gasteiger charge is 2.16. The predicted octanol–water partition coefficient (Wildman–Crippen LogP) is 4.67. The molecular formula is C18H30ClNO2. The van der Waals surface area contributed by atoms with Crippen LogP contribution in [0.15, 0.2) is 18.2 Å². The van der Waals surface area contributed by atoms with Crippen molar-refractivity contribution in [1.82, 2.24) is 4.90 Å². The molecule has 0 radical (unpaired) electrons. The average Bonchev–Trinajstić information content (AvgIpc) is 2.51. The highest BCUT2D eigenvalue weighted by Crippen LogP contribution is 2.30. The molecule has 22 heavy (non-hydrogen) atoms. The molecule has 1 unspecified atom stereocenters. The van der Waals surface area contributed by atoms with E-state index in [9.17, 15) is 5.11 Å². The van der Waals surface area contributed by atoms with E-state index in [2.05, 4.69) is 25.7 Å². The first kappa shape index (κ1) is 19.3. The van der Waals surface area contributed by atoms with Crippen molar-refractivity contribution >= 4 is 11.6 Å². The topological polar surface area (TPSA) is 32.7 Å². The van der Waals surface area contributed by atoms with E-state index in [0.717, 1.165) is 50.2 Å². The van der Waals surface area contributed by atoms with E-state index >= 15 is 0 Å². The number of aliphatic hydroxyl groups excluding tert-OH is 1. The van der Waals surface area contributed by atoms with Gasteiger partial charge in [0, 0.05) is 17.1 Å². The van der Waals surface area contributed by atoms with Gasteiger partial charge < -0.3 is 14.7 Å².